The van der Waals surface area contributed by atoms with Crippen LogP contribution in [-0.4, -0.2) is 24.7 Å². The Balaban J connectivity index is 0.00000400. The van der Waals surface area contributed by atoms with Crippen molar-refractivity contribution >= 4 is 29.9 Å². The summed E-state index contributed by atoms with van der Waals surface area (Å²) >= 11 is 0. The average Bonchev–Trinajstić information content (AvgIpc) is 2.32. The molecule has 0 heterocycles. The van der Waals surface area contributed by atoms with Crippen molar-refractivity contribution < 1.29 is 4.74 Å². The Morgan fingerprint density at radius 2 is 1.95 bits per heavy atom. The smallest absolute Gasteiger partial charge is 0.191 e. The van der Waals surface area contributed by atoms with Crippen molar-refractivity contribution in [3.8, 4) is 5.75 Å². The molecule has 0 aliphatic carbocycles. The quantitative estimate of drug-likeness (QED) is 0.458. The lowest BCUT2D eigenvalue weighted by Crippen LogP contribution is -2.47. The summed E-state index contributed by atoms with van der Waals surface area (Å²) < 4.78 is 5.69. The van der Waals surface area contributed by atoms with Crippen molar-refractivity contribution in [1.82, 2.24) is 10.6 Å². The van der Waals surface area contributed by atoms with Gasteiger partial charge in [-0.25, -0.2) is 0 Å². The predicted octanol–water partition coefficient (Wildman–Crippen LogP) is 3.56. The van der Waals surface area contributed by atoms with Gasteiger partial charge < -0.3 is 15.4 Å². The van der Waals surface area contributed by atoms with Gasteiger partial charge in [0.15, 0.2) is 5.96 Å². The molecule has 1 rings (SSSR count). The van der Waals surface area contributed by atoms with Crippen molar-refractivity contribution in [3.05, 3.63) is 29.8 Å². The van der Waals surface area contributed by atoms with Gasteiger partial charge in [-0.3, -0.25) is 4.99 Å². The third-order valence-corrected chi connectivity index (χ3v) is 2.45. The van der Waals surface area contributed by atoms with E-state index in [1.807, 2.05) is 26.0 Å². The van der Waals surface area contributed by atoms with Gasteiger partial charge in [-0.1, -0.05) is 12.1 Å². The predicted molar refractivity (Wildman–Crippen MR) is 101 cm³/mol. The zero-order valence-electron chi connectivity index (χ0n) is 13.9. The van der Waals surface area contributed by atoms with E-state index in [4.69, 9.17) is 4.74 Å². The standard InChI is InChI=1S/C16H27N3O.HI/c1-12(2)20-14-9-7-8-13(10-14)11-18-15(17-6)19-16(3,4)5;/h7-10,12H,11H2,1-6H3,(H2,17,18,19);1H. The fourth-order valence-corrected chi connectivity index (χ4v) is 1.72. The van der Waals surface area contributed by atoms with E-state index in [1.54, 1.807) is 7.05 Å². The fraction of sp³-hybridized carbons (Fsp3) is 0.562. The molecule has 0 spiro atoms. The van der Waals surface area contributed by atoms with Crippen LogP contribution in [0, 0.1) is 0 Å². The zero-order valence-corrected chi connectivity index (χ0v) is 16.2. The number of rotatable bonds is 4. The Labute approximate surface area is 145 Å². The van der Waals surface area contributed by atoms with E-state index in [9.17, 15) is 0 Å². The molecule has 0 fully saturated rings. The molecule has 1 aromatic carbocycles. The molecule has 5 heteroatoms. The highest BCUT2D eigenvalue weighted by Gasteiger charge is 2.11. The minimum atomic E-state index is -0.00948. The van der Waals surface area contributed by atoms with Crippen LogP contribution in [0.4, 0.5) is 0 Å². The molecule has 0 atom stereocenters. The second-order valence-corrected chi connectivity index (χ2v) is 6.11. The Bertz CT molecular complexity index is 453. The summed E-state index contributed by atoms with van der Waals surface area (Å²) in [4.78, 5) is 4.22. The molecule has 1 aromatic rings. The van der Waals surface area contributed by atoms with Crippen LogP contribution in [0.15, 0.2) is 29.3 Å². The summed E-state index contributed by atoms with van der Waals surface area (Å²) in [6, 6.07) is 8.11. The van der Waals surface area contributed by atoms with Crippen molar-refractivity contribution in [2.45, 2.75) is 52.8 Å². The second-order valence-electron chi connectivity index (χ2n) is 6.11. The first kappa shape index (κ1) is 20.0. The summed E-state index contributed by atoms with van der Waals surface area (Å²) in [7, 11) is 1.78. The van der Waals surface area contributed by atoms with Crippen LogP contribution in [0.1, 0.15) is 40.2 Å². The SMILES string of the molecule is CN=C(NCc1cccc(OC(C)C)c1)NC(C)(C)C.I. The molecule has 0 aromatic heterocycles. The first-order valence-electron chi connectivity index (χ1n) is 7.04. The molecule has 4 nitrogen and oxygen atoms in total. The van der Waals surface area contributed by atoms with E-state index >= 15 is 0 Å². The van der Waals surface area contributed by atoms with Crippen LogP contribution in [0.2, 0.25) is 0 Å². The Morgan fingerprint density at radius 3 is 2.48 bits per heavy atom. The molecule has 0 amide bonds. The summed E-state index contributed by atoms with van der Waals surface area (Å²) in [5.74, 6) is 1.70. The van der Waals surface area contributed by atoms with E-state index < -0.39 is 0 Å². The van der Waals surface area contributed by atoms with Crippen LogP contribution >= 0.6 is 24.0 Å². The van der Waals surface area contributed by atoms with E-state index in [-0.39, 0.29) is 35.6 Å². The number of aliphatic imine (C=N–C) groups is 1. The molecule has 0 saturated heterocycles. The molecule has 0 aliphatic heterocycles. The fourth-order valence-electron chi connectivity index (χ4n) is 1.72. The maximum Gasteiger partial charge on any atom is 0.191 e. The number of benzene rings is 1. The normalized spacial score (nSPS) is 11.9. The number of guanidine groups is 1. The summed E-state index contributed by atoms with van der Waals surface area (Å²) in [5, 5.41) is 6.64. The lowest BCUT2D eigenvalue weighted by atomic mass is 10.1. The van der Waals surface area contributed by atoms with Crippen LogP contribution in [0.3, 0.4) is 0 Å². The third-order valence-electron chi connectivity index (χ3n) is 2.45. The Hall–Kier alpha value is -0.980. The van der Waals surface area contributed by atoms with Gasteiger partial charge in [0.2, 0.25) is 0 Å². The monoisotopic (exact) mass is 405 g/mol. The van der Waals surface area contributed by atoms with Gasteiger partial charge in [0, 0.05) is 19.1 Å². The molecular weight excluding hydrogens is 377 g/mol. The van der Waals surface area contributed by atoms with Gasteiger partial charge in [0.1, 0.15) is 5.75 Å². The van der Waals surface area contributed by atoms with Crippen molar-refractivity contribution in [3.63, 3.8) is 0 Å². The molecular formula is C16H28IN3O. The van der Waals surface area contributed by atoms with Gasteiger partial charge in [0.25, 0.3) is 0 Å². The lowest BCUT2D eigenvalue weighted by Gasteiger charge is -2.23. The maximum atomic E-state index is 5.69. The minimum absolute atomic E-state index is 0. The number of hydrogen-bond donors (Lipinski definition) is 2. The maximum absolute atomic E-state index is 5.69. The zero-order chi connectivity index (χ0) is 15.2. The number of ether oxygens (including phenoxy) is 1. The number of halogens is 1. The van der Waals surface area contributed by atoms with E-state index in [0.29, 0.717) is 6.54 Å². The molecule has 2 N–H and O–H groups in total. The van der Waals surface area contributed by atoms with Gasteiger partial charge in [-0.15, -0.1) is 24.0 Å². The molecule has 0 bridgehead atoms. The van der Waals surface area contributed by atoms with Gasteiger partial charge in [-0.2, -0.15) is 0 Å². The summed E-state index contributed by atoms with van der Waals surface area (Å²) in [6.45, 7) is 11.1. The lowest BCUT2D eigenvalue weighted by molar-refractivity contribution is 0.242. The highest BCUT2D eigenvalue weighted by atomic mass is 127. The third kappa shape index (κ3) is 8.80. The van der Waals surface area contributed by atoms with Crippen molar-refractivity contribution in [1.29, 1.82) is 0 Å². The summed E-state index contributed by atoms with van der Waals surface area (Å²) in [6.07, 6.45) is 0.188. The first-order chi connectivity index (χ1) is 9.30. The van der Waals surface area contributed by atoms with Crippen LogP contribution < -0.4 is 15.4 Å². The van der Waals surface area contributed by atoms with E-state index in [2.05, 4.69) is 48.5 Å². The number of nitrogens with one attached hydrogen (secondary N) is 2. The highest BCUT2D eigenvalue weighted by Crippen LogP contribution is 2.14. The Morgan fingerprint density at radius 1 is 1.29 bits per heavy atom. The molecule has 120 valence electrons. The van der Waals surface area contributed by atoms with Crippen molar-refractivity contribution in [2.24, 2.45) is 4.99 Å². The van der Waals surface area contributed by atoms with Crippen LogP contribution in [0.5, 0.6) is 5.75 Å². The Kier molecular flexibility index (Phi) is 8.70. The second kappa shape index (κ2) is 9.12. The number of hydrogen-bond acceptors (Lipinski definition) is 2. The highest BCUT2D eigenvalue weighted by molar-refractivity contribution is 14.0. The average molecular weight is 405 g/mol. The topological polar surface area (TPSA) is 45.7 Å². The minimum Gasteiger partial charge on any atom is -0.491 e. The van der Waals surface area contributed by atoms with Crippen molar-refractivity contribution in [2.75, 3.05) is 7.05 Å². The van der Waals surface area contributed by atoms with Gasteiger partial charge >= 0.3 is 0 Å². The summed E-state index contributed by atoms with van der Waals surface area (Å²) in [5.41, 5.74) is 1.16. The molecule has 0 unspecified atom stereocenters. The van der Waals surface area contributed by atoms with E-state index in [0.717, 1.165) is 11.7 Å². The largest absolute Gasteiger partial charge is 0.491 e. The van der Waals surface area contributed by atoms with Crippen LogP contribution in [0.25, 0.3) is 0 Å². The van der Waals surface area contributed by atoms with Crippen LogP contribution in [-0.2, 0) is 6.54 Å². The molecule has 21 heavy (non-hydrogen) atoms. The molecule has 0 aliphatic rings. The first-order valence-corrected chi connectivity index (χ1v) is 7.04. The van der Waals surface area contributed by atoms with Gasteiger partial charge in [0.05, 0.1) is 6.10 Å². The van der Waals surface area contributed by atoms with E-state index in [1.165, 1.54) is 5.56 Å². The molecule has 0 radical (unpaired) electrons. The molecule has 0 saturated carbocycles. The number of nitrogens with zero attached hydrogens (tertiary/aromatic N) is 1. The van der Waals surface area contributed by atoms with Gasteiger partial charge in [-0.05, 0) is 52.3 Å².